The Balaban J connectivity index is 1.36. The van der Waals surface area contributed by atoms with E-state index in [4.69, 9.17) is 19.4 Å². The zero-order chi connectivity index (χ0) is 42.4. The molecule has 4 aromatic carbocycles. The fraction of sp³-hybridized carbons (Fsp3) is 0.0741. The number of aromatic amines is 2. The predicted molar refractivity (Wildman–Crippen MR) is 252 cm³/mol. The topological polar surface area (TPSA) is 110 Å². The van der Waals surface area contributed by atoms with E-state index in [9.17, 15) is 9.59 Å². The van der Waals surface area contributed by atoms with Gasteiger partial charge in [0.05, 0.1) is 47.1 Å². The molecule has 0 aliphatic carbocycles. The first-order valence-electron chi connectivity index (χ1n) is 20.6. The second-order valence-corrected chi connectivity index (χ2v) is 14.7. The number of carbonyl (C=O) groups excluding carboxylic acids is 2. The number of hydrogen-bond donors (Lipinski definition) is 2. The molecule has 302 valence electrons. The summed E-state index contributed by atoms with van der Waals surface area (Å²) in [5, 5.41) is 0. The van der Waals surface area contributed by atoms with E-state index in [0.717, 1.165) is 89.4 Å². The van der Waals surface area contributed by atoms with Gasteiger partial charge < -0.3 is 19.4 Å². The summed E-state index contributed by atoms with van der Waals surface area (Å²) in [7, 11) is 0. The number of esters is 2. The van der Waals surface area contributed by atoms with Crippen LogP contribution < -0.4 is 0 Å². The van der Waals surface area contributed by atoms with E-state index >= 15 is 0 Å². The molecule has 7 aromatic rings. The Kier molecular flexibility index (Phi) is 11.2. The zero-order valence-electron chi connectivity index (χ0n) is 34.3. The molecule has 0 fully saturated rings. The maximum atomic E-state index is 12.7. The van der Waals surface area contributed by atoms with E-state index in [-0.39, 0.29) is 11.9 Å². The highest BCUT2D eigenvalue weighted by molar-refractivity contribution is 5.99. The van der Waals surface area contributed by atoms with Gasteiger partial charge in [-0.3, -0.25) is 0 Å². The lowest BCUT2D eigenvalue weighted by molar-refractivity contribution is 0.0517. The molecule has 62 heavy (non-hydrogen) atoms. The maximum Gasteiger partial charge on any atom is 0.338 e. The van der Waals surface area contributed by atoms with Crippen LogP contribution in [0.5, 0.6) is 0 Å². The molecule has 0 radical (unpaired) electrons. The summed E-state index contributed by atoms with van der Waals surface area (Å²) in [6.45, 7) is 4.19. The van der Waals surface area contributed by atoms with Crippen LogP contribution in [0.25, 0.3) is 92.9 Å². The minimum absolute atomic E-state index is 0.296. The third kappa shape index (κ3) is 8.22. The highest BCUT2D eigenvalue weighted by atomic mass is 16.5. The van der Waals surface area contributed by atoms with Gasteiger partial charge in [-0.15, -0.1) is 0 Å². The molecule has 8 bridgehead atoms. The monoisotopic (exact) mass is 810 g/mol. The first-order valence-corrected chi connectivity index (χ1v) is 20.6. The molecule has 8 nitrogen and oxygen atoms in total. The molecule has 0 saturated carbocycles. The lowest BCUT2D eigenvalue weighted by atomic mass is 10.0. The Labute approximate surface area is 359 Å². The minimum atomic E-state index is -0.368. The van der Waals surface area contributed by atoms with E-state index in [2.05, 4.69) is 82.8 Å². The van der Waals surface area contributed by atoms with Gasteiger partial charge in [0, 0.05) is 44.3 Å². The zero-order valence-corrected chi connectivity index (χ0v) is 34.3. The normalized spacial score (nSPS) is 12.0. The van der Waals surface area contributed by atoms with Crippen LogP contribution in [-0.2, 0) is 9.47 Å². The molecule has 0 amide bonds. The van der Waals surface area contributed by atoms with Gasteiger partial charge in [-0.25, -0.2) is 19.6 Å². The van der Waals surface area contributed by atoms with Crippen LogP contribution in [0.3, 0.4) is 0 Å². The van der Waals surface area contributed by atoms with Gasteiger partial charge in [-0.1, -0.05) is 109 Å². The second-order valence-electron chi connectivity index (χ2n) is 14.7. The van der Waals surface area contributed by atoms with Crippen molar-refractivity contribution in [2.45, 2.75) is 13.8 Å². The van der Waals surface area contributed by atoms with Crippen LogP contribution in [0.1, 0.15) is 79.6 Å². The van der Waals surface area contributed by atoms with Crippen molar-refractivity contribution in [2.24, 2.45) is 0 Å². The first kappa shape index (κ1) is 39.4. The van der Waals surface area contributed by atoms with Gasteiger partial charge in [0.2, 0.25) is 0 Å². The number of ether oxygens (including phenoxy) is 2. The predicted octanol–water partition coefficient (Wildman–Crippen LogP) is 12.7. The van der Waals surface area contributed by atoms with E-state index in [0.29, 0.717) is 24.3 Å². The average molecular weight is 811 g/mol. The number of benzene rings is 4. The average Bonchev–Trinajstić information content (AvgIpc) is 4.16. The second kappa shape index (κ2) is 17.6. The molecule has 8 heteroatoms. The van der Waals surface area contributed by atoms with Gasteiger partial charge in [0.1, 0.15) is 0 Å². The Morgan fingerprint density at radius 3 is 1.21 bits per heavy atom. The number of nitrogens with zero attached hydrogens (tertiary/aromatic N) is 2. The van der Waals surface area contributed by atoms with Crippen LogP contribution in [0.2, 0.25) is 0 Å². The van der Waals surface area contributed by atoms with E-state index in [1.165, 1.54) is 0 Å². The summed E-state index contributed by atoms with van der Waals surface area (Å²) in [5.74, 6) is -0.736. The Morgan fingerprint density at radius 2 is 0.823 bits per heavy atom. The van der Waals surface area contributed by atoms with Crippen LogP contribution >= 0.6 is 0 Å². The van der Waals surface area contributed by atoms with Crippen molar-refractivity contribution in [3.63, 3.8) is 0 Å². The van der Waals surface area contributed by atoms with Gasteiger partial charge in [-0.05, 0) is 109 Å². The number of carbonyl (C=O) groups is 2. The fourth-order valence-electron chi connectivity index (χ4n) is 7.67. The Hall–Kier alpha value is -8.10. The van der Waals surface area contributed by atoms with Crippen LogP contribution in [0, 0.1) is 0 Å². The quantitative estimate of drug-likeness (QED) is 0.133. The SMILES string of the molecule is CCOC(=O)c1ccc(-c2c3nc(c(/C=C/c4ccccc4)c4ccc([nH]4)c(-c4ccc(C(=O)OCC)cc4)c4nc(c(/C=C/c5ccccc5)c5ccc2[nH]5)C=C4)C=C3)cc1. The van der Waals surface area contributed by atoms with Crippen molar-refractivity contribution in [2.75, 3.05) is 13.2 Å². The summed E-state index contributed by atoms with van der Waals surface area (Å²) in [6, 6.07) is 43.5. The van der Waals surface area contributed by atoms with Crippen LogP contribution in [0.15, 0.2) is 133 Å². The van der Waals surface area contributed by atoms with Crippen molar-refractivity contribution in [1.29, 1.82) is 0 Å². The summed E-state index contributed by atoms with van der Waals surface area (Å²) >= 11 is 0. The van der Waals surface area contributed by atoms with E-state index in [1.54, 1.807) is 38.1 Å². The van der Waals surface area contributed by atoms with Gasteiger partial charge in [-0.2, -0.15) is 0 Å². The van der Waals surface area contributed by atoms with Crippen LogP contribution in [-0.4, -0.2) is 45.1 Å². The van der Waals surface area contributed by atoms with Gasteiger partial charge in [0.25, 0.3) is 0 Å². The molecule has 9 rings (SSSR count). The molecule has 2 aliphatic rings. The third-order valence-corrected chi connectivity index (χ3v) is 10.7. The third-order valence-electron chi connectivity index (χ3n) is 10.7. The number of rotatable bonds is 10. The molecule has 3 aromatic heterocycles. The summed E-state index contributed by atoms with van der Waals surface area (Å²) in [6.07, 6.45) is 16.5. The number of nitrogens with one attached hydrogen (secondary N) is 2. The van der Waals surface area contributed by atoms with Gasteiger partial charge >= 0.3 is 11.9 Å². The molecule has 5 heterocycles. The Morgan fingerprint density at radius 1 is 0.452 bits per heavy atom. The van der Waals surface area contributed by atoms with Crippen molar-refractivity contribution >= 4 is 82.6 Å². The number of fused-ring (bicyclic) bond motifs is 8. The minimum Gasteiger partial charge on any atom is -0.462 e. The molecule has 2 N–H and O–H groups in total. The molecule has 0 spiro atoms. The van der Waals surface area contributed by atoms with Crippen molar-refractivity contribution in [3.05, 3.63) is 190 Å². The molecule has 0 unspecified atom stereocenters. The number of aromatic nitrogens is 4. The molecule has 0 atom stereocenters. The van der Waals surface area contributed by atoms with E-state index < -0.39 is 0 Å². The summed E-state index contributed by atoms with van der Waals surface area (Å²) < 4.78 is 10.6. The van der Waals surface area contributed by atoms with Gasteiger partial charge in [0.15, 0.2) is 0 Å². The maximum absolute atomic E-state index is 12.7. The van der Waals surface area contributed by atoms with E-state index in [1.807, 2.05) is 85.0 Å². The first-order chi connectivity index (χ1) is 30.4. The van der Waals surface area contributed by atoms with Crippen molar-refractivity contribution < 1.29 is 19.1 Å². The molecule has 2 aliphatic heterocycles. The molecular formula is C54H42N4O4. The fourth-order valence-corrected chi connectivity index (χ4v) is 7.67. The highest BCUT2D eigenvalue weighted by Gasteiger charge is 2.18. The highest BCUT2D eigenvalue weighted by Crippen LogP contribution is 2.35. The lowest BCUT2D eigenvalue weighted by Crippen LogP contribution is -2.04. The molecular weight excluding hydrogens is 769 g/mol. The van der Waals surface area contributed by atoms with Crippen molar-refractivity contribution in [3.8, 4) is 22.3 Å². The lowest BCUT2D eigenvalue weighted by Gasteiger charge is -2.07. The van der Waals surface area contributed by atoms with Crippen LogP contribution in [0.4, 0.5) is 0 Å². The Bertz CT molecular complexity index is 2890. The molecule has 0 saturated heterocycles. The largest absolute Gasteiger partial charge is 0.462 e. The standard InChI is InChI=1S/C54H42N4O4/c1-3-61-53(59)39-21-17-37(18-22-39)51-47-31-27-43(55-47)41(25-15-35-11-7-5-8-12-35)45-29-33-49(57-45)52(38-19-23-40(24-20-38)54(60)62-4-2)50-34-30-46(58-50)42(44-28-32-48(51)56-44)26-16-36-13-9-6-10-14-36/h5-34,55,58H,3-4H2,1-2H3/b25-15+,26-16+,43-41?,44-42?,45-41?,46-42?,51-47?,51-48?,52-49?,52-50?. The smallest absolute Gasteiger partial charge is 0.338 e. The number of H-pyrrole nitrogens is 2. The summed E-state index contributed by atoms with van der Waals surface area (Å²) in [5.41, 5.74) is 14.8. The van der Waals surface area contributed by atoms with Crippen molar-refractivity contribution in [1.82, 2.24) is 19.9 Å². The number of hydrogen-bond acceptors (Lipinski definition) is 6. The summed E-state index contributed by atoms with van der Waals surface area (Å²) in [4.78, 5) is 43.5.